The zero-order chi connectivity index (χ0) is 31.3. The number of nitrogens with one attached hydrogen (secondary N) is 2. The van der Waals surface area contributed by atoms with Crippen molar-refractivity contribution in [2.75, 3.05) is 10.6 Å². The molecule has 2 N–H and O–H groups in total. The van der Waals surface area contributed by atoms with Crippen LogP contribution in [0.5, 0.6) is 0 Å². The van der Waals surface area contributed by atoms with E-state index in [1.165, 1.54) is 11.1 Å². The molecule has 222 valence electrons. The van der Waals surface area contributed by atoms with E-state index < -0.39 is 5.41 Å². The summed E-state index contributed by atoms with van der Waals surface area (Å²) in [6.45, 7) is 8.20. The lowest BCUT2D eigenvalue weighted by Gasteiger charge is -2.34. The molecule has 1 aliphatic carbocycles. The van der Waals surface area contributed by atoms with Crippen LogP contribution in [0.25, 0.3) is 11.1 Å². The largest absolute Gasteiger partial charge is 0.353 e. The minimum absolute atomic E-state index is 0.375. The third kappa shape index (κ3) is 4.78. The Morgan fingerprint density at radius 1 is 0.444 bits per heavy atom. The lowest BCUT2D eigenvalue weighted by Crippen LogP contribution is -2.29. The highest BCUT2D eigenvalue weighted by Gasteiger charge is 2.46. The molecule has 6 aromatic rings. The maximum Gasteiger partial charge on any atom is 0.146 e. The summed E-state index contributed by atoms with van der Waals surface area (Å²) in [7, 11) is 0. The van der Waals surface area contributed by atoms with Crippen molar-refractivity contribution in [2.24, 2.45) is 0 Å². The normalized spacial score (nSPS) is 12.8. The summed E-state index contributed by atoms with van der Waals surface area (Å²) < 4.78 is 32.2. The van der Waals surface area contributed by atoms with Gasteiger partial charge in [0.1, 0.15) is 11.6 Å². The van der Waals surface area contributed by atoms with E-state index in [0.717, 1.165) is 55.9 Å². The Balaban J connectivity index is 1.38. The van der Waals surface area contributed by atoms with Crippen molar-refractivity contribution in [3.63, 3.8) is 0 Å². The van der Waals surface area contributed by atoms with Crippen LogP contribution in [0.15, 0.2) is 121 Å². The molecule has 0 atom stereocenters. The van der Waals surface area contributed by atoms with Crippen LogP contribution in [0.2, 0.25) is 0 Å². The molecule has 0 amide bonds. The average molecular weight is 593 g/mol. The molecule has 0 bridgehead atoms. The topological polar surface area (TPSA) is 24.1 Å². The van der Waals surface area contributed by atoms with E-state index in [2.05, 4.69) is 48.7 Å². The fourth-order valence-electron chi connectivity index (χ4n) is 6.67. The lowest BCUT2D eigenvalue weighted by molar-refractivity contribution is 0.617. The summed E-state index contributed by atoms with van der Waals surface area (Å²) in [5.41, 5.74) is 11.7. The number of rotatable bonds is 6. The quantitative estimate of drug-likeness (QED) is 0.201. The minimum atomic E-state index is -0.924. The number of aryl methyl sites for hydroxylation is 4. The molecule has 6 aromatic carbocycles. The van der Waals surface area contributed by atoms with Crippen molar-refractivity contribution in [1.29, 1.82) is 0 Å². The Morgan fingerprint density at radius 2 is 0.867 bits per heavy atom. The first-order valence-electron chi connectivity index (χ1n) is 15.2. The number of fused-ring (bicyclic) bond motifs is 3. The van der Waals surface area contributed by atoms with E-state index in [9.17, 15) is 0 Å². The molecule has 0 heterocycles. The van der Waals surface area contributed by atoms with Gasteiger partial charge in [-0.3, -0.25) is 0 Å². The summed E-state index contributed by atoms with van der Waals surface area (Å²) in [6.07, 6.45) is 0. The highest BCUT2D eigenvalue weighted by Crippen LogP contribution is 2.56. The molecule has 0 spiro atoms. The fraction of sp³-hybridized carbons (Fsp3) is 0.122. The molecule has 0 saturated heterocycles. The predicted octanol–water partition coefficient (Wildman–Crippen LogP) is 11.0. The SMILES string of the molecule is Cc1ccc(Nc2ccc(C3(c4ccc(Nc5ccc(C)c(C)c5)c(F)c4)c4ccccc4-c4ccccc43)cc2F)cc1C. The van der Waals surface area contributed by atoms with E-state index in [1.54, 1.807) is 24.3 Å². The van der Waals surface area contributed by atoms with Crippen LogP contribution in [0, 0.1) is 39.3 Å². The van der Waals surface area contributed by atoms with Crippen molar-refractivity contribution in [1.82, 2.24) is 0 Å². The molecular formula is C41H34F2N2. The highest BCUT2D eigenvalue weighted by molar-refractivity contribution is 5.86. The van der Waals surface area contributed by atoms with Gasteiger partial charge in [-0.1, -0.05) is 72.8 Å². The molecule has 0 aliphatic heterocycles. The predicted molar refractivity (Wildman–Crippen MR) is 182 cm³/mol. The zero-order valence-electron chi connectivity index (χ0n) is 25.8. The maximum absolute atomic E-state index is 16.1. The van der Waals surface area contributed by atoms with Gasteiger partial charge in [-0.05, 0) is 132 Å². The Labute approximate surface area is 263 Å². The molecule has 45 heavy (non-hydrogen) atoms. The van der Waals surface area contributed by atoms with Crippen molar-refractivity contribution in [2.45, 2.75) is 33.1 Å². The van der Waals surface area contributed by atoms with Gasteiger partial charge in [-0.25, -0.2) is 8.78 Å². The van der Waals surface area contributed by atoms with E-state index in [4.69, 9.17) is 0 Å². The Kier molecular flexibility index (Phi) is 7.01. The third-order valence-corrected chi connectivity index (χ3v) is 9.33. The number of hydrogen-bond acceptors (Lipinski definition) is 2. The van der Waals surface area contributed by atoms with Gasteiger partial charge in [0.25, 0.3) is 0 Å². The van der Waals surface area contributed by atoms with Gasteiger partial charge in [0.2, 0.25) is 0 Å². The summed E-state index contributed by atoms with van der Waals surface area (Å²) in [6, 6.07) is 39.1. The summed E-state index contributed by atoms with van der Waals surface area (Å²) in [5.74, 6) is -0.749. The van der Waals surface area contributed by atoms with Crippen LogP contribution in [-0.4, -0.2) is 0 Å². The van der Waals surface area contributed by atoms with E-state index in [1.807, 2.05) is 86.6 Å². The van der Waals surface area contributed by atoms with Gasteiger partial charge in [-0.2, -0.15) is 0 Å². The van der Waals surface area contributed by atoms with Crippen molar-refractivity contribution < 1.29 is 8.78 Å². The number of anilines is 4. The zero-order valence-corrected chi connectivity index (χ0v) is 25.8. The average Bonchev–Trinajstić information content (AvgIpc) is 3.34. The molecule has 7 rings (SSSR count). The second kappa shape index (κ2) is 11.0. The lowest BCUT2D eigenvalue weighted by atomic mass is 9.67. The standard InChI is InChI=1S/C41H34F2N2/c1-25-13-17-31(21-27(25)3)44-39-19-15-29(23-37(39)42)41(35-11-7-5-9-33(35)34-10-6-8-12-36(34)41)30-16-20-40(38(43)24-30)45-32-18-14-26(2)28(4)22-32/h5-24,44-45H,1-4H3. The van der Waals surface area contributed by atoms with Gasteiger partial charge in [0.15, 0.2) is 0 Å². The minimum Gasteiger partial charge on any atom is -0.353 e. The second-order valence-corrected chi connectivity index (χ2v) is 12.1. The second-order valence-electron chi connectivity index (χ2n) is 12.1. The van der Waals surface area contributed by atoms with Crippen LogP contribution in [0.3, 0.4) is 0 Å². The number of halogens is 2. The molecule has 0 fully saturated rings. The van der Waals surface area contributed by atoms with E-state index in [0.29, 0.717) is 11.4 Å². The maximum atomic E-state index is 16.1. The molecule has 1 aliphatic rings. The Bertz CT molecular complexity index is 1940. The molecule has 0 radical (unpaired) electrons. The van der Waals surface area contributed by atoms with Crippen molar-refractivity contribution in [3.05, 3.63) is 177 Å². The van der Waals surface area contributed by atoms with Crippen LogP contribution >= 0.6 is 0 Å². The van der Waals surface area contributed by atoms with Gasteiger partial charge in [-0.15, -0.1) is 0 Å². The molecule has 0 aromatic heterocycles. The van der Waals surface area contributed by atoms with Gasteiger partial charge in [0, 0.05) is 11.4 Å². The van der Waals surface area contributed by atoms with Crippen LogP contribution in [0.4, 0.5) is 31.5 Å². The molecular weight excluding hydrogens is 558 g/mol. The molecule has 0 unspecified atom stereocenters. The summed E-state index contributed by atoms with van der Waals surface area (Å²) in [5, 5.41) is 6.50. The van der Waals surface area contributed by atoms with Gasteiger partial charge >= 0.3 is 0 Å². The molecule has 2 nitrogen and oxygen atoms in total. The first kappa shape index (κ1) is 28.5. The van der Waals surface area contributed by atoms with Crippen LogP contribution in [0.1, 0.15) is 44.5 Å². The number of benzene rings is 6. The first-order chi connectivity index (χ1) is 21.8. The van der Waals surface area contributed by atoms with Gasteiger partial charge < -0.3 is 10.6 Å². The van der Waals surface area contributed by atoms with E-state index >= 15 is 8.78 Å². The van der Waals surface area contributed by atoms with Crippen molar-refractivity contribution >= 4 is 22.7 Å². The van der Waals surface area contributed by atoms with Crippen LogP contribution in [-0.2, 0) is 5.41 Å². The van der Waals surface area contributed by atoms with Crippen LogP contribution < -0.4 is 10.6 Å². The summed E-state index contributed by atoms with van der Waals surface area (Å²) in [4.78, 5) is 0. The number of hydrogen-bond donors (Lipinski definition) is 2. The van der Waals surface area contributed by atoms with Gasteiger partial charge in [0.05, 0.1) is 16.8 Å². The fourth-order valence-corrected chi connectivity index (χ4v) is 6.67. The first-order valence-corrected chi connectivity index (χ1v) is 15.2. The van der Waals surface area contributed by atoms with Crippen molar-refractivity contribution in [3.8, 4) is 11.1 Å². The van der Waals surface area contributed by atoms with E-state index in [-0.39, 0.29) is 11.6 Å². The Hall–Kier alpha value is -5.22. The molecule has 4 heteroatoms. The summed E-state index contributed by atoms with van der Waals surface area (Å²) >= 11 is 0. The highest BCUT2D eigenvalue weighted by atomic mass is 19.1. The smallest absolute Gasteiger partial charge is 0.146 e. The third-order valence-electron chi connectivity index (χ3n) is 9.33. The monoisotopic (exact) mass is 592 g/mol. The Morgan fingerprint density at radius 3 is 1.27 bits per heavy atom. The molecule has 0 saturated carbocycles.